The van der Waals surface area contributed by atoms with Gasteiger partial charge < -0.3 is 15.3 Å². The highest BCUT2D eigenvalue weighted by Crippen LogP contribution is 2.02. The maximum Gasteiger partial charge on any atom is 0.317 e. The first kappa shape index (κ1) is 13.4. The predicted molar refractivity (Wildman–Crippen MR) is 65.5 cm³/mol. The zero-order chi connectivity index (χ0) is 12.8. The van der Waals surface area contributed by atoms with Crippen molar-refractivity contribution in [3.05, 3.63) is 29.6 Å². The van der Waals surface area contributed by atoms with E-state index >= 15 is 0 Å². The van der Waals surface area contributed by atoms with Gasteiger partial charge in [-0.25, -0.2) is 4.79 Å². The standard InChI is InChI=1S/C12H19N3O2/c1-9-5-4-6-13-11(9)7-14-12(17)15(3)8-10(2)16/h4-6,10,16H,7-8H2,1-3H3,(H,14,17). The minimum absolute atomic E-state index is 0.212. The second-order valence-electron chi connectivity index (χ2n) is 4.16. The van der Waals surface area contributed by atoms with Crippen molar-refractivity contribution in [3.8, 4) is 0 Å². The Morgan fingerprint density at radius 1 is 1.65 bits per heavy atom. The topological polar surface area (TPSA) is 65.5 Å². The molecule has 1 unspecified atom stereocenters. The van der Waals surface area contributed by atoms with Gasteiger partial charge in [0.25, 0.3) is 0 Å². The monoisotopic (exact) mass is 237 g/mol. The van der Waals surface area contributed by atoms with Gasteiger partial charge in [0.05, 0.1) is 18.3 Å². The molecule has 2 N–H and O–H groups in total. The summed E-state index contributed by atoms with van der Waals surface area (Å²) in [4.78, 5) is 17.3. The fourth-order valence-electron chi connectivity index (χ4n) is 1.48. The van der Waals surface area contributed by atoms with Gasteiger partial charge >= 0.3 is 6.03 Å². The molecular formula is C12H19N3O2. The third kappa shape index (κ3) is 4.40. The number of aliphatic hydroxyl groups is 1. The molecule has 1 heterocycles. The molecular weight excluding hydrogens is 218 g/mol. The van der Waals surface area contributed by atoms with Crippen LogP contribution in [0.5, 0.6) is 0 Å². The van der Waals surface area contributed by atoms with Crippen LogP contribution in [0.3, 0.4) is 0 Å². The number of aryl methyl sites for hydroxylation is 1. The third-order valence-electron chi connectivity index (χ3n) is 2.41. The van der Waals surface area contributed by atoms with Crippen LogP contribution in [0.2, 0.25) is 0 Å². The predicted octanol–water partition coefficient (Wildman–Crippen LogP) is 0.912. The molecule has 1 atom stereocenters. The van der Waals surface area contributed by atoms with Crippen LogP contribution in [0.25, 0.3) is 0 Å². The van der Waals surface area contributed by atoms with Crippen LogP contribution in [0.15, 0.2) is 18.3 Å². The summed E-state index contributed by atoms with van der Waals surface area (Å²) in [5, 5.41) is 11.9. The molecule has 1 rings (SSSR count). The number of amides is 2. The Kier molecular flexibility index (Phi) is 4.90. The Bertz CT molecular complexity index is 380. The number of rotatable bonds is 4. The summed E-state index contributed by atoms with van der Waals surface area (Å²) in [6.07, 6.45) is 1.18. The van der Waals surface area contributed by atoms with Crippen molar-refractivity contribution in [3.63, 3.8) is 0 Å². The largest absolute Gasteiger partial charge is 0.392 e. The SMILES string of the molecule is Cc1cccnc1CNC(=O)N(C)CC(C)O. The van der Waals surface area contributed by atoms with Crippen LogP contribution in [0.1, 0.15) is 18.2 Å². The molecule has 0 aliphatic carbocycles. The Labute approximate surface area is 101 Å². The van der Waals surface area contributed by atoms with E-state index in [1.807, 2.05) is 19.1 Å². The number of likely N-dealkylation sites (N-methyl/N-ethyl adjacent to an activating group) is 1. The molecule has 0 aliphatic rings. The van der Waals surface area contributed by atoms with Crippen molar-refractivity contribution in [2.45, 2.75) is 26.5 Å². The van der Waals surface area contributed by atoms with Gasteiger partial charge in [-0.15, -0.1) is 0 Å². The fourth-order valence-corrected chi connectivity index (χ4v) is 1.48. The molecule has 1 aromatic rings. The van der Waals surface area contributed by atoms with Crippen molar-refractivity contribution < 1.29 is 9.90 Å². The van der Waals surface area contributed by atoms with E-state index in [0.29, 0.717) is 13.1 Å². The molecule has 0 bridgehead atoms. The van der Waals surface area contributed by atoms with E-state index in [-0.39, 0.29) is 6.03 Å². The molecule has 1 aromatic heterocycles. The van der Waals surface area contributed by atoms with Crippen molar-refractivity contribution in [1.82, 2.24) is 15.2 Å². The summed E-state index contributed by atoms with van der Waals surface area (Å²) >= 11 is 0. The molecule has 17 heavy (non-hydrogen) atoms. The first-order valence-electron chi connectivity index (χ1n) is 5.58. The molecule has 94 valence electrons. The Morgan fingerprint density at radius 2 is 2.35 bits per heavy atom. The van der Waals surface area contributed by atoms with Crippen LogP contribution >= 0.6 is 0 Å². The van der Waals surface area contributed by atoms with E-state index in [2.05, 4.69) is 10.3 Å². The van der Waals surface area contributed by atoms with E-state index in [4.69, 9.17) is 5.11 Å². The van der Waals surface area contributed by atoms with Crippen molar-refractivity contribution >= 4 is 6.03 Å². The van der Waals surface area contributed by atoms with Crippen molar-refractivity contribution in [2.24, 2.45) is 0 Å². The quantitative estimate of drug-likeness (QED) is 0.818. The van der Waals surface area contributed by atoms with Crippen molar-refractivity contribution in [2.75, 3.05) is 13.6 Å². The van der Waals surface area contributed by atoms with Crippen LogP contribution in [0.4, 0.5) is 4.79 Å². The lowest BCUT2D eigenvalue weighted by Gasteiger charge is -2.19. The van der Waals surface area contributed by atoms with Gasteiger partial charge in [-0.2, -0.15) is 0 Å². The van der Waals surface area contributed by atoms with E-state index in [9.17, 15) is 4.79 Å². The molecule has 0 saturated carbocycles. The molecule has 5 heteroatoms. The number of carbonyl (C=O) groups excluding carboxylic acids is 1. The Balaban J connectivity index is 2.46. The first-order chi connectivity index (χ1) is 8.00. The van der Waals surface area contributed by atoms with Gasteiger partial charge in [0, 0.05) is 19.8 Å². The Hall–Kier alpha value is -1.62. The zero-order valence-corrected chi connectivity index (χ0v) is 10.5. The summed E-state index contributed by atoms with van der Waals surface area (Å²) in [5.41, 5.74) is 1.90. The molecule has 0 aliphatic heterocycles. The summed E-state index contributed by atoms with van der Waals surface area (Å²) in [6.45, 7) is 4.31. The number of pyridine rings is 1. The van der Waals surface area contributed by atoms with Gasteiger partial charge in [-0.3, -0.25) is 4.98 Å². The Morgan fingerprint density at radius 3 is 2.94 bits per heavy atom. The first-order valence-corrected chi connectivity index (χ1v) is 5.58. The molecule has 5 nitrogen and oxygen atoms in total. The summed E-state index contributed by atoms with van der Waals surface area (Å²) in [6, 6.07) is 3.60. The molecule has 0 fully saturated rings. The van der Waals surface area contributed by atoms with E-state index in [1.54, 1.807) is 20.2 Å². The van der Waals surface area contributed by atoms with Crippen LogP contribution in [-0.2, 0) is 6.54 Å². The number of nitrogens with zero attached hydrogens (tertiary/aromatic N) is 2. The minimum atomic E-state index is -0.526. The maximum absolute atomic E-state index is 11.6. The highest BCUT2D eigenvalue weighted by Gasteiger charge is 2.10. The number of aromatic nitrogens is 1. The average Bonchev–Trinajstić information content (AvgIpc) is 2.26. The summed E-state index contributed by atoms with van der Waals surface area (Å²) < 4.78 is 0. The average molecular weight is 237 g/mol. The van der Waals surface area contributed by atoms with E-state index in [1.165, 1.54) is 4.90 Å². The number of aliphatic hydroxyl groups excluding tert-OH is 1. The second-order valence-corrected chi connectivity index (χ2v) is 4.16. The molecule has 0 aromatic carbocycles. The number of urea groups is 1. The highest BCUT2D eigenvalue weighted by molar-refractivity contribution is 5.73. The minimum Gasteiger partial charge on any atom is -0.392 e. The summed E-state index contributed by atoms with van der Waals surface area (Å²) in [7, 11) is 1.65. The third-order valence-corrected chi connectivity index (χ3v) is 2.41. The summed E-state index contributed by atoms with van der Waals surface area (Å²) in [5.74, 6) is 0. The highest BCUT2D eigenvalue weighted by atomic mass is 16.3. The van der Waals surface area contributed by atoms with Gasteiger partial charge in [0.2, 0.25) is 0 Å². The number of carbonyl (C=O) groups is 1. The lowest BCUT2D eigenvalue weighted by atomic mass is 10.2. The molecule has 0 saturated heterocycles. The van der Waals surface area contributed by atoms with E-state index in [0.717, 1.165) is 11.3 Å². The smallest absolute Gasteiger partial charge is 0.317 e. The maximum atomic E-state index is 11.6. The molecule has 0 spiro atoms. The van der Waals surface area contributed by atoms with Crippen molar-refractivity contribution in [1.29, 1.82) is 0 Å². The zero-order valence-electron chi connectivity index (χ0n) is 10.5. The molecule has 0 radical (unpaired) electrons. The van der Waals surface area contributed by atoms with Crippen LogP contribution < -0.4 is 5.32 Å². The normalized spacial score (nSPS) is 12.0. The number of hydrogen-bond donors (Lipinski definition) is 2. The van der Waals surface area contributed by atoms with Gasteiger partial charge in [0.1, 0.15) is 0 Å². The fraction of sp³-hybridized carbons (Fsp3) is 0.500. The van der Waals surface area contributed by atoms with Crippen LogP contribution in [-0.4, -0.2) is 40.7 Å². The second kappa shape index (κ2) is 6.20. The van der Waals surface area contributed by atoms with Crippen LogP contribution in [0, 0.1) is 6.92 Å². The lowest BCUT2D eigenvalue weighted by molar-refractivity contribution is 0.143. The lowest BCUT2D eigenvalue weighted by Crippen LogP contribution is -2.40. The van der Waals surface area contributed by atoms with Gasteiger partial charge in [0.15, 0.2) is 0 Å². The van der Waals surface area contributed by atoms with Gasteiger partial charge in [-0.05, 0) is 25.5 Å². The number of nitrogens with one attached hydrogen (secondary N) is 1. The number of hydrogen-bond acceptors (Lipinski definition) is 3. The van der Waals surface area contributed by atoms with E-state index < -0.39 is 6.10 Å². The molecule has 2 amide bonds. The van der Waals surface area contributed by atoms with Gasteiger partial charge in [-0.1, -0.05) is 6.07 Å².